The van der Waals surface area contributed by atoms with E-state index in [1.165, 1.54) is 12.1 Å². The Morgan fingerprint density at radius 1 is 0.850 bits per heavy atom. The van der Waals surface area contributed by atoms with E-state index in [-0.39, 0.29) is 50.0 Å². The van der Waals surface area contributed by atoms with E-state index in [1.54, 1.807) is 0 Å². The number of amides is 1. The molecular weight excluding hydrogens is 809 g/mol. The Morgan fingerprint density at radius 2 is 1.52 bits per heavy atom. The van der Waals surface area contributed by atoms with Crippen LogP contribution in [0.1, 0.15) is 53.4 Å². The van der Waals surface area contributed by atoms with Crippen LogP contribution in [0.5, 0.6) is 0 Å². The lowest BCUT2D eigenvalue weighted by molar-refractivity contribution is 0.0503. The molecule has 0 spiro atoms. The van der Waals surface area contributed by atoms with Crippen LogP contribution >= 0.6 is 0 Å². The number of ether oxygens (including phenoxy) is 3. The Kier molecular flexibility index (Phi) is 15.3. The van der Waals surface area contributed by atoms with Gasteiger partial charge in [0.25, 0.3) is 0 Å². The van der Waals surface area contributed by atoms with Crippen molar-refractivity contribution in [3.05, 3.63) is 60.0 Å². The van der Waals surface area contributed by atoms with E-state index < -0.39 is 31.1 Å². The van der Waals surface area contributed by atoms with Gasteiger partial charge in [0.2, 0.25) is 15.4 Å². The van der Waals surface area contributed by atoms with Gasteiger partial charge in [-0.15, -0.1) is 11.8 Å². The number of sulfonamides is 1. The Hall–Kier alpha value is -4.50. The summed E-state index contributed by atoms with van der Waals surface area (Å²) in [6.45, 7) is 12.4. The largest absolute Gasteiger partial charge is 0.744 e. The van der Waals surface area contributed by atoms with Gasteiger partial charge in [0.05, 0.1) is 48.9 Å². The lowest BCUT2D eigenvalue weighted by atomic mass is 9.93. The van der Waals surface area contributed by atoms with Crippen LogP contribution in [0.15, 0.2) is 68.8 Å². The van der Waals surface area contributed by atoms with Crippen molar-refractivity contribution in [2.75, 3.05) is 77.2 Å². The van der Waals surface area contributed by atoms with Crippen LogP contribution in [0, 0.1) is 29.6 Å². The van der Waals surface area contributed by atoms with E-state index in [9.17, 15) is 26.2 Å². The minimum Gasteiger partial charge on any atom is -0.744 e. The number of hydrogen-bond donors (Lipinski definition) is 2. The SMILES string of the molecule is CCN(CC)c1ccc2c(-c3ccc(S(=O)(=O)NCCOCCOCCNC(=O)OCC4[C@H]5CCC#CCC[C@@H]45)cc3S(=O)(=O)[O-])c3ccc(=[N+](CC)CC)cc-3oc2c1. The van der Waals surface area contributed by atoms with Gasteiger partial charge in [0.15, 0.2) is 0 Å². The highest BCUT2D eigenvalue weighted by Crippen LogP contribution is 2.52. The molecule has 60 heavy (non-hydrogen) atoms. The molecule has 0 saturated heterocycles. The molecule has 3 atom stereocenters. The Balaban J connectivity index is 1.07. The molecule has 2 aromatic carbocycles. The van der Waals surface area contributed by atoms with Crippen molar-refractivity contribution in [2.24, 2.45) is 17.8 Å². The van der Waals surface area contributed by atoms with E-state index in [0.29, 0.717) is 52.2 Å². The number of carbonyl (C=O) groups excluding carboxylic acids is 1. The Bertz CT molecular complexity index is 2450. The van der Waals surface area contributed by atoms with E-state index in [1.807, 2.05) is 64.1 Å². The molecule has 2 N–H and O–H groups in total. The maximum Gasteiger partial charge on any atom is 0.407 e. The van der Waals surface area contributed by atoms with Crippen LogP contribution < -0.4 is 24.9 Å². The summed E-state index contributed by atoms with van der Waals surface area (Å²) in [5, 5.41) is 4.16. The molecule has 4 aliphatic rings. The van der Waals surface area contributed by atoms with Gasteiger partial charge >= 0.3 is 6.09 Å². The first-order valence-corrected chi connectivity index (χ1v) is 23.7. The quantitative estimate of drug-likeness (QED) is 0.0390. The molecule has 1 heterocycles. The van der Waals surface area contributed by atoms with Crippen LogP contribution in [-0.2, 0) is 34.4 Å². The van der Waals surface area contributed by atoms with Crippen LogP contribution in [0.25, 0.3) is 33.4 Å². The summed E-state index contributed by atoms with van der Waals surface area (Å²) in [5.74, 6) is 8.47. The predicted octanol–water partition coefficient (Wildman–Crippen LogP) is 5.24. The molecule has 1 saturated carbocycles. The van der Waals surface area contributed by atoms with Crippen molar-refractivity contribution >= 4 is 42.9 Å². The third-order valence-electron chi connectivity index (χ3n) is 11.4. The van der Waals surface area contributed by atoms with Gasteiger partial charge in [-0.1, -0.05) is 6.07 Å². The molecule has 1 unspecified atom stereocenters. The molecule has 1 fully saturated rings. The second kappa shape index (κ2) is 20.4. The lowest BCUT2D eigenvalue weighted by Crippen LogP contribution is -2.29. The maximum absolute atomic E-state index is 13.4. The third kappa shape index (κ3) is 10.9. The zero-order valence-electron chi connectivity index (χ0n) is 34.8. The summed E-state index contributed by atoms with van der Waals surface area (Å²) < 4.78 is 93.0. The van der Waals surface area contributed by atoms with E-state index in [2.05, 4.69) is 31.4 Å². The predicted molar refractivity (Wildman–Crippen MR) is 229 cm³/mol. The fourth-order valence-corrected chi connectivity index (χ4v) is 10.0. The first-order valence-electron chi connectivity index (χ1n) is 20.8. The number of hydrogen-bond acceptors (Lipinski definition) is 11. The summed E-state index contributed by atoms with van der Waals surface area (Å²) in [6.07, 6.45) is 3.49. The number of nitrogens with one attached hydrogen (secondary N) is 2. The Labute approximate surface area is 353 Å². The summed E-state index contributed by atoms with van der Waals surface area (Å²) >= 11 is 0. The highest BCUT2D eigenvalue weighted by Gasteiger charge is 2.49. The summed E-state index contributed by atoms with van der Waals surface area (Å²) in [6, 6.07) is 14.9. The molecule has 0 aromatic heterocycles. The van der Waals surface area contributed by atoms with Crippen molar-refractivity contribution < 1.29 is 44.8 Å². The number of nitrogens with zero attached hydrogens (tertiary/aromatic N) is 2. The smallest absolute Gasteiger partial charge is 0.407 e. The number of anilines is 1. The van der Waals surface area contributed by atoms with E-state index in [0.717, 1.165) is 69.0 Å². The normalized spacial score (nSPS) is 17.6. The van der Waals surface area contributed by atoms with Gasteiger partial charge in [-0.25, -0.2) is 30.9 Å². The van der Waals surface area contributed by atoms with E-state index >= 15 is 0 Å². The highest BCUT2D eigenvalue weighted by molar-refractivity contribution is 7.89. The van der Waals surface area contributed by atoms with Crippen LogP contribution in [0.4, 0.5) is 10.5 Å². The van der Waals surface area contributed by atoms with Crippen LogP contribution in [-0.4, -0.2) is 99.8 Å². The molecule has 1 aliphatic heterocycles. The topological polar surface area (TPSA) is 180 Å². The highest BCUT2D eigenvalue weighted by atomic mass is 32.2. The average Bonchev–Trinajstić information content (AvgIpc) is 3.88. The van der Waals surface area contributed by atoms with Gasteiger partial charge in [-0.3, -0.25) is 0 Å². The first kappa shape index (κ1) is 45.0. The van der Waals surface area contributed by atoms with Crippen molar-refractivity contribution in [3.63, 3.8) is 0 Å². The van der Waals surface area contributed by atoms with E-state index in [4.69, 9.17) is 18.6 Å². The zero-order chi connectivity index (χ0) is 42.9. The fourth-order valence-electron chi connectivity index (χ4n) is 8.20. The summed E-state index contributed by atoms with van der Waals surface area (Å²) in [4.78, 5) is 13.2. The average molecular weight is 865 g/mol. The van der Waals surface area contributed by atoms with Gasteiger partial charge < -0.3 is 33.4 Å². The minimum atomic E-state index is -5.18. The molecule has 324 valence electrons. The van der Waals surface area contributed by atoms with Crippen molar-refractivity contribution in [1.29, 1.82) is 0 Å². The number of benzene rings is 3. The van der Waals surface area contributed by atoms with Crippen molar-refractivity contribution in [1.82, 2.24) is 14.6 Å². The van der Waals surface area contributed by atoms with Crippen molar-refractivity contribution in [3.8, 4) is 34.3 Å². The summed E-state index contributed by atoms with van der Waals surface area (Å²) in [7, 11) is -9.43. The minimum absolute atomic E-state index is 0.00366. The number of fused-ring (bicyclic) bond motifs is 3. The molecular formula is C44H56N4O10S2. The lowest BCUT2D eigenvalue weighted by Gasteiger charge is -2.23. The fraction of sp³-hybridized carbons (Fsp3) is 0.500. The van der Waals surface area contributed by atoms with Crippen molar-refractivity contribution in [2.45, 2.75) is 63.2 Å². The van der Waals surface area contributed by atoms with Crippen LogP contribution in [0.2, 0.25) is 0 Å². The molecule has 1 amide bonds. The molecule has 0 radical (unpaired) electrons. The first-order chi connectivity index (χ1) is 28.9. The number of rotatable bonds is 20. The third-order valence-corrected chi connectivity index (χ3v) is 13.8. The zero-order valence-corrected chi connectivity index (χ0v) is 36.5. The second-order valence-electron chi connectivity index (χ2n) is 14.9. The molecule has 3 aliphatic carbocycles. The standard InChI is InChI=1S/C44H56N4O10S2/c1-5-47(6-2)31-15-18-36-40(27-31)58-41-28-32(48(7-3)8-4)16-19-37(41)43(36)38-20-17-33(29-42(38)60(52,53)54)59(50,51)46-22-24-56-26-25-55-23-21-45-44(49)57-30-39-34-13-11-9-10-12-14-35(34)39/h15-20,27-29,34-35,39,46H,5-8,11-14,21-26,30H2,1-4H3,(H-,45,49,52,53,54)/t34-,35+,39?. The summed E-state index contributed by atoms with van der Waals surface area (Å²) in [5.41, 5.74) is 2.46. The molecule has 0 bridgehead atoms. The monoisotopic (exact) mass is 864 g/mol. The Morgan fingerprint density at radius 3 is 2.17 bits per heavy atom. The maximum atomic E-state index is 13.4. The van der Waals surface area contributed by atoms with Gasteiger partial charge in [-0.05, 0) is 88.6 Å². The molecule has 2 aromatic rings. The van der Waals surface area contributed by atoms with Crippen LogP contribution in [0.3, 0.4) is 0 Å². The van der Waals surface area contributed by atoms with Gasteiger partial charge in [0.1, 0.15) is 34.6 Å². The van der Waals surface area contributed by atoms with Gasteiger partial charge in [-0.2, -0.15) is 0 Å². The second-order valence-corrected chi connectivity index (χ2v) is 18.0. The number of carbonyl (C=O) groups is 1. The van der Waals surface area contributed by atoms with Gasteiger partial charge in [0, 0.05) is 78.9 Å². The number of alkyl carbamates (subject to hydrolysis) is 1. The molecule has 14 nitrogen and oxygen atoms in total. The molecule has 16 heteroatoms. The molecule has 6 rings (SSSR count).